The fraction of sp³-hybridized carbons (Fsp3) is 0.188. The summed E-state index contributed by atoms with van der Waals surface area (Å²) in [7, 11) is 0. The van der Waals surface area contributed by atoms with E-state index >= 15 is 0 Å². The summed E-state index contributed by atoms with van der Waals surface area (Å²) < 4.78 is 24.7. The van der Waals surface area contributed by atoms with Gasteiger partial charge < -0.3 is 14.6 Å². The molecule has 3 rings (SSSR count). The lowest BCUT2D eigenvalue weighted by atomic mass is 10.1. The third kappa shape index (κ3) is 2.54. The van der Waals surface area contributed by atoms with Gasteiger partial charge in [-0.05, 0) is 18.2 Å². The van der Waals surface area contributed by atoms with Gasteiger partial charge in [0.15, 0.2) is 0 Å². The average Bonchev–Trinajstić information content (AvgIpc) is 2.87. The number of ether oxygens (including phenoxy) is 2. The first kappa shape index (κ1) is 13.4. The summed E-state index contributed by atoms with van der Waals surface area (Å²) in [4.78, 5) is 0. The second-order valence-corrected chi connectivity index (χ2v) is 4.71. The van der Waals surface area contributed by atoms with Gasteiger partial charge in [0.2, 0.25) is 0 Å². The minimum Gasteiger partial charge on any atom is -0.490 e. The number of aliphatic hydroxyl groups excluding tert-OH is 1. The monoisotopic (exact) mass is 285 g/mol. The van der Waals surface area contributed by atoms with Crippen molar-refractivity contribution in [2.24, 2.45) is 0 Å². The molecule has 0 bridgehead atoms. The summed E-state index contributed by atoms with van der Waals surface area (Å²) in [5.41, 5.74) is 1.03. The molecule has 1 aliphatic rings. The van der Waals surface area contributed by atoms with Crippen molar-refractivity contribution in [3.05, 3.63) is 58.9 Å². The molecule has 0 saturated heterocycles. The maximum absolute atomic E-state index is 13.9. The number of rotatable bonds is 3. The van der Waals surface area contributed by atoms with Gasteiger partial charge in [0, 0.05) is 17.2 Å². The summed E-state index contributed by atoms with van der Waals surface area (Å²) >= 11 is 0. The van der Waals surface area contributed by atoms with E-state index < -0.39 is 11.9 Å². The van der Waals surface area contributed by atoms with Crippen LogP contribution in [0.4, 0.5) is 4.39 Å². The van der Waals surface area contributed by atoms with Crippen molar-refractivity contribution in [1.82, 2.24) is 0 Å². The lowest BCUT2D eigenvalue weighted by Gasteiger charge is -2.09. The van der Waals surface area contributed by atoms with Crippen molar-refractivity contribution in [1.29, 1.82) is 5.26 Å². The van der Waals surface area contributed by atoms with E-state index in [9.17, 15) is 9.50 Å². The van der Waals surface area contributed by atoms with Gasteiger partial charge in [0.1, 0.15) is 42.7 Å². The number of nitriles is 1. The first-order chi connectivity index (χ1) is 10.2. The Morgan fingerprint density at radius 1 is 1.38 bits per heavy atom. The van der Waals surface area contributed by atoms with E-state index in [-0.39, 0.29) is 18.8 Å². The van der Waals surface area contributed by atoms with Crippen LogP contribution in [0.2, 0.25) is 0 Å². The van der Waals surface area contributed by atoms with E-state index in [1.807, 2.05) is 0 Å². The third-order valence-electron chi connectivity index (χ3n) is 3.33. The molecular weight excluding hydrogens is 273 g/mol. The van der Waals surface area contributed by atoms with Gasteiger partial charge in [0.05, 0.1) is 5.56 Å². The molecule has 0 saturated carbocycles. The second-order valence-electron chi connectivity index (χ2n) is 4.71. The molecule has 2 aromatic carbocycles. The van der Waals surface area contributed by atoms with Crippen molar-refractivity contribution < 1.29 is 19.0 Å². The van der Waals surface area contributed by atoms with Gasteiger partial charge >= 0.3 is 0 Å². The van der Waals surface area contributed by atoms with Crippen LogP contribution in [-0.2, 0) is 6.61 Å². The molecular formula is C16H12FNO3. The fourth-order valence-electron chi connectivity index (χ4n) is 2.20. The van der Waals surface area contributed by atoms with Crippen LogP contribution in [0.25, 0.3) is 0 Å². The van der Waals surface area contributed by atoms with Gasteiger partial charge in [-0.2, -0.15) is 5.26 Å². The van der Waals surface area contributed by atoms with Crippen LogP contribution >= 0.6 is 0 Å². The third-order valence-corrected chi connectivity index (χ3v) is 3.33. The van der Waals surface area contributed by atoms with Crippen molar-refractivity contribution in [3.8, 4) is 17.6 Å². The summed E-state index contributed by atoms with van der Waals surface area (Å²) in [6.45, 7) is 0.250. The largest absolute Gasteiger partial charge is 0.490 e. The van der Waals surface area contributed by atoms with Crippen molar-refractivity contribution in [2.45, 2.75) is 12.7 Å². The number of hydrogen-bond acceptors (Lipinski definition) is 4. The Balaban J connectivity index is 1.76. The van der Waals surface area contributed by atoms with Crippen LogP contribution in [-0.4, -0.2) is 11.7 Å². The topological polar surface area (TPSA) is 62.5 Å². The normalized spacial score (nSPS) is 16.0. The fourth-order valence-corrected chi connectivity index (χ4v) is 2.20. The van der Waals surface area contributed by atoms with E-state index in [1.165, 1.54) is 6.07 Å². The van der Waals surface area contributed by atoms with E-state index in [4.69, 9.17) is 14.7 Å². The summed E-state index contributed by atoms with van der Waals surface area (Å²) in [6, 6.07) is 11.5. The Bertz CT molecular complexity index is 724. The molecule has 1 aliphatic heterocycles. The quantitative estimate of drug-likeness (QED) is 0.941. The van der Waals surface area contributed by atoms with Crippen LogP contribution in [0, 0.1) is 17.1 Å². The average molecular weight is 285 g/mol. The number of benzene rings is 2. The van der Waals surface area contributed by atoms with Gasteiger partial charge in [0.25, 0.3) is 0 Å². The highest BCUT2D eigenvalue weighted by atomic mass is 19.1. The highest BCUT2D eigenvalue weighted by Crippen LogP contribution is 2.35. The van der Waals surface area contributed by atoms with E-state index in [1.54, 1.807) is 36.4 Å². The minimum atomic E-state index is -0.612. The zero-order valence-electron chi connectivity index (χ0n) is 11.0. The molecule has 5 heteroatoms. The van der Waals surface area contributed by atoms with E-state index in [2.05, 4.69) is 0 Å². The molecule has 0 fully saturated rings. The lowest BCUT2D eigenvalue weighted by Crippen LogP contribution is -2.00. The smallest absolute Gasteiger partial charge is 0.147 e. The SMILES string of the molecule is N#Cc1cccc(COc2ccc3c(c2)OCC3O)c1F. The highest BCUT2D eigenvalue weighted by molar-refractivity contribution is 5.44. The molecule has 4 nitrogen and oxygen atoms in total. The van der Waals surface area contributed by atoms with Crippen molar-refractivity contribution in [2.75, 3.05) is 6.61 Å². The summed E-state index contributed by atoms with van der Waals surface area (Å²) in [5, 5.41) is 18.4. The zero-order chi connectivity index (χ0) is 14.8. The summed E-state index contributed by atoms with van der Waals surface area (Å²) in [6.07, 6.45) is -0.612. The molecule has 0 spiro atoms. The first-order valence-electron chi connectivity index (χ1n) is 6.44. The molecule has 0 amide bonds. The Kier molecular flexibility index (Phi) is 3.46. The van der Waals surface area contributed by atoms with Crippen LogP contribution in [0.15, 0.2) is 36.4 Å². The molecule has 0 aromatic heterocycles. The first-order valence-corrected chi connectivity index (χ1v) is 6.44. The molecule has 1 heterocycles. The molecule has 2 aromatic rings. The van der Waals surface area contributed by atoms with Crippen molar-refractivity contribution >= 4 is 0 Å². The molecule has 0 aliphatic carbocycles. The Hall–Kier alpha value is -2.58. The van der Waals surface area contributed by atoms with Crippen LogP contribution in [0.3, 0.4) is 0 Å². The predicted octanol–water partition coefficient (Wildman–Crippen LogP) is 2.70. The molecule has 1 unspecified atom stereocenters. The number of fused-ring (bicyclic) bond motifs is 1. The Morgan fingerprint density at radius 2 is 2.24 bits per heavy atom. The van der Waals surface area contributed by atoms with Crippen LogP contribution in [0.1, 0.15) is 22.8 Å². The number of nitrogens with zero attached hydrogens (tertiary/aromatic N) is 1. The van der Waals surface area contributed by atoms with Gasteiger partial charge in [-0.25, -0.2) is 4.39 Å². The zero-order valence-corrected chi connectivity index (χ0v) is 11.0. The lowest BCUT2D eigenvalue weighted by molar-refractivity contribution is 0.140. The van der Waals surface area contributed by atoms with E-state index in [0.29, 0.717) is 17.1 Å². The maximum Gasteiger partial charge on any atom is 0.147 e. The van der Waals surface area contributed by atoms with Gasteiger partial charge in [-0.1, -0.05) is 12.1 Å². The summed E-state index contributed by atoms with van der Waals surface area (Å²) in [5.74, 6) is 0.531. The maximum atomic E-state index is 13.9. The number of halogens is 1. The molecule has 21 heavy (non-hydrogen) atoms. The van der Waals surface area contributed by atoms with Gasteiger partial charge in [-0.15, -0.1) is 0 Å². The van der Waals surface area contributed by atoms with Crippen molar-refractivity contribution in [3.63, 3.8) is 0 Å². The Morgan fingerprint density at radius 3 is 3.05 bits per heavy atom. The van der Waals surface area contributed by atoms with Crippen LogP contribution < -0.4 is 9.47 Å². The molecule has 1 N–H and O–H groups in total. The molecule has 0 radical (unpaired) electrons. The standard InChI is InChI=1S/C16H12FNO3/c17-16-10(7-18)2-1-3-11(16)8-20-12-4-5-13-14(19)9-21-15(13)6-12/h1-6,14,19H,8-9H2. The Labute approximate surface area is 121 Å². The van der Waals surface area contributed by atoms with Gasteiger partial charge in [-0.3, -0.25) is 0 Å². The second kappa shape index (κ2) is 5.43. The minimum absolute atomic E-state index is 0.00323. The van der Waals surface area contributed by atoms with Crippen LogP contribution in [0.5, 0.6) is 11.5 Å². The molecule has 106 valence electrons. The predicted molar refractivity (Wildman–Crippen MR) is 72.3 cm³/mol. The number of hydrogen-bond donors (Lipinski definition) is 1. The highest BCUT2D eigenvalue weighted by Gasteiger charge is 2.22. The number of aliphatic hydroxyl groups is 1. The molecule has 1 atom stereocenters. The van der Waals surface area contributed by atoms with E-state index in [0.717, 1.165) is 5.56 Å².